The number of aliphatic hydroxyl groups is 1. The molecule has 0 saturated heterocycles. The molecule has 70 valence electrons. The molecule has 0 aliphatic heterocycles. The molecule has 1 unspecified atom stereocenters. The van der Waals surface area contributed by atoms with Crippen molar-refractivity contribution in [1.82, 2.24) is 4.98 Å². The van der Waals surface area contributed by atoms with Crippen LogP contribution in [0.15, 0.2) is 18.2 Å². The minimum Gasteiger partial charge on any atom is -0.390 e. The average molecular weight is 180 g/mol. The minimum atomic E-state index is -0.688. The van der Waals surface area contributed by atoms with Crippen molar-refractivity contribution in [2.24, 2.45) is 5.73 Å². The van der Waals surface area contributed by atoms with Crippen molar-refractivity contribution in [1.29, 1.82) is 0 Å². The number of hydrogen-bond acceptors (Lipinski definition) is 4. The van der Waals surface area contributed by atoms with Crippen molar-refractivity contribution in [2.75, 3.05) is 0 Å². The maximum Gasteiger partial charge on any atom is 0.152 e. The Bertz CT molecular complexity index is 312. The predicted octanol–water partition coefficient (Wildman–Crippen LogP) is 0.163. The maximum atomic E-state index is 10.9. The van der Waals surface area contributed by atoms with E-state index in [1.54, 1.807) is 18.2 Å². The van der Waals surface area contributed by atoms with Gasteiger partial charge in [-0.2, -0.15) is 0 Å². The van der Waals surface area contributed by atoms with Crippen LogP contribution in [0.3, 0.4) is 0 Å². The summed E-state index contributed by atoms with van der Waals surface area (Å²) < 4.78 is 0. The number of ketones is 1. The van der Waals surface area contributed by atoms with E-state index in [9.17, 15) is 4.79 Å². The lowest BCUT2D eigenvalue weighted by atomic mass is 10.1. The van der Waals surface area contributed by atoms with Crippen molar-refractivity contribution in [3.8, 4) is 0 Å². The van der Waals surface area contributed by atoms with Crippen molar-refractivity contribution in [2.45, 2.75) is 19.6 Å². The summed E-state index contributed by atoms with van der Waals surface area (Å²) in [4.78, 5) is 14.9. The van der Waals surface area contributed by atoms with Gasteiger partial charge in [0.15, 0.2) is 5.78 Å². The fourth-order valence-electron chi connectivity index (χ4n) is 0.968. The molecule has 4 nitrogen and oxygen atoms in total. The highest BCUT2D eigenvalue weighted by Crippen LogP contribution is 2.08. The first kappa shape index (κ1) is 9.83. The number of Topliss-reactive ketones (excluding diaryl/α,β-unsaturated/α-hetero) is 1. The Morgan fingerprint density at radius 3 is 2.92 bits per heavy atom. The van der Waals surface area contributed by atoms with E-state index in [1.807, 2.05) is 0 Å². The Morgan fingerprint density at radius 1 is 1.69 bits per heavy atom. The third-order valence-corrected chi connectivity index (χ3v) is 1.75. The molecule has 3 N–H and O–H groups in total. The van der Waals surface area contributed by atoms with Gasteiger partial charge in [-0.15, -0.1) is 0 Å². The van der Waals surface area contributed by atoms with Crippen LogP contribution in [0.4, 0.5) is 0 Å². The zero-order valence-electron chi connectivity index (χ0n) is 7.40. The summed E-state index contributed by atoms with van der Waals surface area (Å²) in [6, 6.07) is 4.38. The van der Waals surface area contributed by atoms with Gasteiger partial charge in [0, 0.05) is 0 Å². The topological polar surface area (TPSA) is 76.2 Å². The summed E-state index contributed by atoms with van der Waals surface area (Å²) in [6.07, 6.45) is 0. The predicted molar refractivity (Wildman–Crippen MR) is 47.8 cm³/mol. The van der Waals surface area contributed by atoms with Crippen LogP contribution in [-0.2, 0) is 11.4 Å². The molecule has 4 heteroatoms. The van der Waals surface area contributed by atoms with Crippen molar-refractivity contribution in [3.63, 3.8) is 0 Å². The number of nitrogens with zero attached hydrogens (tertiary/aromatic N) is 1. The van der Waals surface area contributed by atoms with Gasteiger partial charge in [0.2, 0.25) is 0 Å². The summed E-state index contributed by atoms with van der Waals surface area (Å²) in [7, 11) is 0. The molecular weight excluding hydrogens is 168 g/mol. The molecule has 13 heavy (non-hydrogen) atoms. The highest BCUT2D eigenvalue weighted by molar-refractivity contribution is 5.82. The van der Waals surface area contributed by atoms with Crippen LogP contribution in [-0.4, -0.2) is 15.9 Å². The van der Waals surface area contributed by atoms with E-state index in [-0.39, 0.29) is 12.4 Å². The first-order valence-electron chi connectivity index (χ1n) is 3.98. The van der Waals surface area contributed by atoms with Crippen LogP contribution in [0.1, 0.15) is 24.4 Å². The molecule has 1 rings (SSSR count). The Kier molecular flexibility index (Phi) is 3.11. The molecule has 0 aliphatic rings. The zero-order chi connectivity index (χ0) is 9.84. The molecule has 1 aromatic rings. The van der Waals surface area contributed by atoms with Gasteiger partial charge < -0.3 is 10.8 Å². The van der Waals surface area contributed by atoms with E-state index >= 15 is 0 Å². The van der Waals surface area contributed by atoms with Crippen molar-refractivity contribution in [3.05, 3.63) is 29.6 Å². The summed E-state index contributed by atoms with van der Waals surface area (Å²) in [5.74, 6) is -0.136. The van der Waals surface area contributed by atoms with Crippen LogP contribution in [0.2, 0.25) is 0 Å². The Morgan fingerprint density at radius 2 is 2.38 bits per heavy atom. The molecule has 0 aromatic carbocycles. The van der Waals surface area contributed by atoms with Crippen LogP contribution < -0.4 is 5.73 Å². The summed E-state index contributed by atoms with van der Waals surface area (Å²) in [6.45, 7) is 1.27. The average Bonchev–Trinajstić information content (AvgIpc) is 2.16. The fraction of sp³-hybridized carbons (Fsp3) is 0.333. The second-order valence-corrected chi connectivity index (χ2v) is 2.80. The number of nitrogens with two attached hydrogens (primary N) is 1. The lowest BCUT2D eigenvalue weighted by molar-refractivity contribution is -0.118. The quantitative estimate of drug-likeness (QED) is 0.694. The van der Waals surface area contributed by atoms with E-state index in [4.69, 9.17) is 10.8 Å². The van der Waals surface area contributed by atoms with Crippen LogP contribution in [0.25, 0.3) is 0 Å². The van der Waals surface area contributed by atoms with Gasteiger partial charge in [0.1, 0.15) is 6.04 Å². The van der Waals surface area contributed by atoms with Gasteiger partial charge in [0.25, 0.3) is 0 Å². The number of aliphatic hydroxyl groups excluding tert-OH is 1. The summed E-state index contributed by atoms with van der Waals surface area (Å²) in [5.41, 5.74) is 6.59. The van der Waals surface area contributed by atoms with E-state index in [2.05, 4.69) is 4.98 Å². The number of aromatic nitrogens is 1. The molecule has 0 fully saturated rings. The highest BCUT2D eigenvalue weighted by atomic mass is 16.3. The van der Waals surface area contributed by atoms with Gasteiger partial charge in [-0.25, -0.2) is 0 Å². The van der Waals surface area contributed by atoms with Gasteiger partial charge in [-0.05, 0) is 19.1 Å². The molecule has 1 heterocycles. The van der Waals surface area contributed by atoms with Crippen molar-refractivity contribution >= 4 is 5.78 Å². The standard InChI is InChI=1S/C9H12N2O2/c1-6(13)9(10)8-4-2-3-7(5-12)11-8/h2-4,9,12H,5,10H2,1H3. The molecule has 1 aromatic heterocycles. The Labute approximate surface area is 76.4 Å². The Hall–Kier alpha value is -1.26. The summed E-state index contributed by atoms with van der Waals surface area (Å²) >= 11 is 0. The van der Waals surface area contributed by atoms with E-state index in [1.165, 1.54) is 6.92 Å². The van der Waals surface area contributed by atoms with Gasteiger partial charge in [-0.3, -0.25) is 9.78 Å². The first-order valence-corrected chi connectivity index (χ1v) is 3.98. The Balaban J connectivity index is 2.94. The number of carbonyl (C=O) groups excluding carboxylic acids is 1. The molecule has 0 aliphatic carbocycles. The second-order valence-electron chi connectivity index (χ2n) is 2.80. The largest absolute Gasteiger partial charge is 0.390 e. The number of hydrogen-bond donors (Lipinski definition) is 2. The normalized spacial score (nSPS) is 12.5. The van der Waals surface area contributed by atoms with Gasteiger partial charge >= 0.3 is 0 Å². The van der Waals surface area contributed by atoms with E-state index in [0.29, 0.717) is 11.4 Å². The lowest BCUT2D eigenvalue weighted by Gasteiger charge is -2.07. The highest BCUT2D eigenvalue weighted by Gasteiger charge is 2.12. The smallest absolute Gasteiger partial charge is 0.152 e. The lowest BCUT2D eigenvalue weighted by Crippen LogP contribution is -2.20. The molecule has 0 spiro atoms. The number of pyridine rings is 1. The SMILES string of the molecule is CC(=O)C(N)c1cccc(CO)n1. The third kappa shape index (κ3) is 2.34. The van der Waals surface area contributed by atoms with Crippen LogP contribution in [0.5, 0.6) is 0 Å². The first-order chi connectivity index (χ1) is 6.15. The van der Waals surface area contributed by atoms with Crippen LogP contribution >= 0.6 is 0 Å². The molecule has 0 radical (unpaired) electrons. The fourth-order valence-corrected chi connectivity index (χ4v) is 0.968. The van der Waals surface area contributed by atoms with Gasteiger partial charge in [0.05, 0.1) is 18.0 Å². The van der Waals surface area contributed by atoms with E-state index < -0.39 is 6.04 Å². The zero-order valence-corrected chi connectivity index (χ0v) is 7.40. The molecule has 0 amide bonds. The monoisotopic (exact) mass is 180 g/mol. The number of carbonyl (C=O) groups is 1. The van der Waals surface area contributed by atoms with Crippen molar-refractivity contribution < 1.29 is 9.90 Å². The molecule has 0 saturated carbocycles. The van der Waals surface area contributed by atoms with Gasteiger partial charge in [-0.1, -0.05) is 6.07 Å². The molecule has 0 bridgehead atoms. The molecule has 1 atom stereocenters. The third-order valence-electron chi connectivity index (χ3n) is 1.75. The maximum absolute atomic E-state index is 10.9. The second kappa shape index (κ2) is 4.11. The minimum absolute atomic E-state index is 0.136. The summed E-state index contributed by atoms with van der Waals surface area (Å²) in [5, 5.41) is 8.79. The molecular formula is C9H12N2O2. The number of rotatable bonds is 3. The van der Waals surface area contributed by atoms with E-state index in [0.717, 1.165) is 0 Å². The van der Waals surface area contributed by atoms with Crippen LogP contribution in [0, 0.1) is 0 Å².